The number of halogens is 2. The van der Waals surface area contributed by atoms with Crippen LogP contribution in [0.15, 0.2) is 42.5 Å². The molecule has 3 nitrogen and oxygen atoms in total. The minimum atomic E-state index is 0.527. The van der Waals surface area contributed by atoms with Crippen LogP contribution in [0.25, 0.3) is 0 Å². The first-order valence-electron chi connectivity index (χ1n) is 7.69. The van der Waals surface area contributed by atoms with Crippen LogP contribution in [0.5, 0.6) is 5.75 Å². The maximum atomic E-state index is 5.97. The van der Waals surface area contributed by atoms with Crippen LogP contribution in [0.2, 0.25) is 10.0 Å². The van der Waals surface area contributed by atoms with E-state index in [1.807, 2.05) is 36.4 Å². The highest BCUT2D eigenvalue weighted by Crippen LogP contribution is 2.22. The predicted octanol–water partition coefficient (Wildman–Crippen LogP) is 5.55. The van der Waals surface area contributed by atoms with Gasteiger partial charge in [0.2, 0.25) is 0 Å². The second kappa shape index (κ2) is 8.90. The third-order valence-electron chi connectivity index (χ3n) is 3.08. The van der Waals surface area contributed by atoms with E-state index in [1.54, 1.807) is 6.07 Å². The van der Waals surface area contributed by atoms with E-state index in [9.17, 15) is 0 Å². The topological polar surface area (TPSA) is 33.3 Å². The zero-order valence-corrected chi connectivity index (χ0v) is 14.9. The molecule has 2 N–H and O–H groups in total. The molecule has 0 atom stereocenters. The van der Waals surface area contributed by atoms with Gasteiger partial charge in [-0.05, 0) is 48.4 Å². The summed E-state index contributed by atoms with van der Waals surface area (Å²) in [4.78, 5) is 0. The van der Waals surface area contributed by atoms with Crippen LogP contribution in [-0.4, -0.2) is 19.7 Å². The van der Waals surface area contributed by atoms with Crippen molar-refractivity contribution < 1.29 is 4.74 Å². The van der Waals surface area contributed by atoms with E-state index in [-0.39, 0.29) is 0 Å². The molecule has 2 aromatic rings. The maximum absolute atomic E-state index is 5.97. The first-order valence-corrected chi connectivity index (χ1v) is 8.45. The smallest absolute Gasteiger partial charge is 0.119 e. The number of anilines is 2. The third-order valence-corrected chi connectivity index (χ3v) is 3.52. The summed E-state index contributed by atoms with van der Waals surface area (Å²) in [5, 5.41) is 7.90. The van der Waals surface area contributed by atoms with E-state index < -0.39 is 0 Å². The zero-order chi connectivity index (χ0) is 16.7. The largest absolute Gasteiger partial charge is 0.493 e. The molecule has 0 saturated carbocycles. The van der Waals surface area contributed by atoms with Gasteiger partial charge in [-0.3, -0.25) is 0 Å². The van der Waals surface area contributed by atoms with Crippen molar-refractivity contribution in [2.75, 3.05) is 30.3 Å². The summed E-state index contributed by atoms with van der Waals surface area (Å²) in [6.07, 6.45) is 0. The lowest BCUT2D eigenvalue weighted by Gasteiger charge is -2.11. The second-order valence-corrected chi connectivity index (χ2v) is 6.61. The highest BCUT2D eigenvalue weighted by atomic mass is 35.5. The van der Waals surface area contributed by atoms with Crippen LogP contribution < -0.4 is 15.4 Å². The number of hydrogen-bond donors (Lipinski definition) is 2. The SMILES string of the molecule is CC(C)COc1ccc(NCCNc2cc(Cl)cc(Cl)c2)cc1. The van der Waals surface area contributed by atoms with E-state index in [0.717, 1.165) is 36.8 Å². The lowest BCUT2D eigenvalue weighted by atomic mass is 10.2. The first kappa shape index (κ1) is 17.8. The van der Waals surface area contributed by atoms with E-state index in [2.05, 4.69) is 24.5 Å². The van der Waals surface area contributed by atoms with Gasteiger partial charge in [0.15, 0.2) is 0 Å². The van der Waals surface area contributed by atoms with E-state index in [0.29, 0.717) is 16.0 Å². The Hall–Kier alpha value is -1.58. The molecule has 0 radical (unpaired) electrons. The normalized spacial score (nSPS) is 10.7. The molecule has 2 aromatic carbocycles. The monoisotopic (exact) mass is 352 g/mol. The van der Waals surface area contributed by atoms with Crippen molar-refractivity contribution in [3.8, 4) is 5.75 Å². The Balaban J connectivity index is 1.73. The molecule has 0 fully saturated rings. The van der Waals surface area contributed by atoms with Crippen molar-refractivity contribution in [3.05, 3.63) is 52.5 Å². The average molecular weight is 353 g/mol. The molecule has 0 aliphatic rings. The van der Waals surface area contributed by atoms with Crippen molar-refractivity contribution in [2.45, 2.75) is 13.8 Å². The summed E-state index contributed by atoms with van der Waals surface area (Å²) in [5.74, 6) is 1.43. The number of benzene rings is 2. The Kier molecular flexibility index (Phi) is 6.87. The molecule has 0 saturated heterocycles. The Morgan fingerprint density at radius 2 is 1.43 bits per heavy atom. The molecule has 0 unspecified atom stereocenters. The Bertz CT molecular complexity index is 595. The predicted molar refractivity (Wildman–Crippen MR) is 100 cm³/mol. The summed E-state index contributed by atoms with van der Waals surface area (Å²) >= 11 is 11.9. The fourth-order valence-corrected chi connectivity index (χ4v) is 2.53. The quantitative estimate of drug-likeness (QED) is 0.610. The molecule has 0 aromatic heterocycles. The standard InChI is InChI=1S/C18H22Cl2N2O/c1-13(2)12-23-18-5-3-16(4-6-18)21-7-8-22-17-10-14(19)9-15(20)11-17/h3-6,9-11,13,21-22H,7-8,12H2,1-2H3. The van der Waals surface area contributed by atoms with Gasteiger partial charge < -0.3 is 15.4 Å². The number of ether oxygens (including phenoxy) is 1. The van der Waals surface area contributed by atoms with Gasteiger partial charge in [0.05, 0.1) is 6.61 Å². The van der Waals surface area contributed by atoms with Crippen molar-refractivity contribution in [3.63, 3.8) is 0 Å². The first-order chi connectivity index (χ1) is 11.0. The highest BCUT2D eigenvalue weighted by molar-refractivity contribution is 6.35. The molecule has 0 heterocycles. The van der Waals surface area contributed by atoms with Crippen LogP contribution in [0.3, 0.4) is 0 Å². The van der Waals surface area contributed by atoms with Crippen LogP contribution in [0.4, 0.5) is 11.4 Å². The molecule has 0 bridgehead atoms. The lowest BCUT2D eigenvalue weighted by Crippen LogP contribution is -2.13. The van der Waals surface area contributed by atoms with Crippen LogP contribution in [0.1, 0.15) is 13.8 Å². The fraction of sp³-hybridized carbons (Fsp3) is 0.333. The zero-order valence-electron chi connectivity index (χ0n) is 13.4. The molecule has 124 valence electrons. The highest BCUT2D eigenvalue weighted by Gasteiger charge is 1.99. The molecule has 0 aliphatic heterocycles. The number of nitrogens with one attached hydrogen (secondary N) is 2. The summed E-state index contributed by atoms with van der Waals surface area (Å²) in [6.45, 7) is 6.56. The van der Waals surface area contributed by atoms with Gasteiger partial charge in [0, 0.05) is 34.5 Å². The van der Waals surface area contributed by atoms with E-state index >= 15 is 0 Å². The van der Waals surface area contributed by atoms with E-state index in [1.165, 1.54) is 0 Å². The second-order valence-electron chi connectivity index (χ2n) is 5.74. The Morgan fingerprint density at radius 1 is 0.870 bits per heavy atom. The minimum Gasteiger partial charge on any atom is -0.493 e. The third kappa shape index (κ3) is 6.59. The molecule has 0 aliphatic carbocycles. The van der Waals surface area contributed by atoms with Crippen LogP contribution in [-0.2, 0) is 0 Å². The van der Waals surface area contributed by atoms with E-state index in [4.69, 9.17) is 27.9 Å². The summed E-state index contributed by atoms with van der Waals surface area (Å²) < 4.78 is 5.66. The number of hydrogen-bond acceptors (Lipinski definition) is 3. The van der Waals surface area contributed by atoms with Gasteiger partial charge in [-0.25, -0.2) is 0 Å². The average Bonchev–Trinajstić information content (AvgIpc) is 2.50. The minimum absolute atomic E-state index is 0.527. The van der Waals surface area contributed by atoms with Gasteiger partial charge in [-0.15, -0.1) is 0 Å². The lowest BCUT2D eigenvalue weighted by molar-refractivity contribution is 0.271. The molecule has 5 heteroatoms. The van der Waals surface area contributed by atoms with Crippen molar-refractivity contribution in [1.29, 1.82) is 0 Å². The molecule has 0 spiro atoms. The van der Waals surface area contributed by atoms with Crippen LogP contribution >= 0.6 is 23.2 Å². The van der Waals surface area contributed by atoms with Gasteiger partial charge in [0.25, 0.3) is 0 Å². The number of rotatable bonds is 8. The molecule has 2 rings (SSSR count). The van der Waals surface area contributed by atoms with Gasteiger partial charge in [-0.1, -0.05) is 37.0 Å². The molecular weight excluding hydrogens is 331 g/mol. The van der Waals surface area contributed by atoms with Crippen molar-refractivity contribution in [2.24, 2.45) is 5.92 Å². The van der Waals surface area contributed by atoms with Crippen molar-refractivity contribution in [1.82, 2.24) is 0 Å². The van der Waals surface area contributed by atoms with Gasteiger partial charge in [-0.2, -0.15) is 0 Å². The molecule has 0 amide bonds. The van der Waals surface area contributed by atoms with Gasteiger partial charge >= 0.3 is 0 Å². The summed E-state index contributed by atoms with van der Waals surface area (Å²) in [5.41, 5.74) is 1.98. The molecular formula is C18H22Cl2N2O. The van der Waals surface area contributed by atoms with Gasteiger partial charge in [0.1, 0.15) is 5.75 Å². The van der Waals surface area contributed by atoms with Crippen LogP contribution in [0, 0.1) is 5.92 Å². The van der Waals surface area contributed by atoms with Crippen molar-refractivity contribution >= 4 is 34.6 Å². The Labute approximate surface area is 147 Å². The Morgan fingerprint density at radius 3 is 2.00 bits per heavy atom. The summed E-state index contributed by atoms with van der Waals surface area (Å²) in [6, 6.07) is 13.4. The maximum Gasteiger partial charge on any atom is 0.119 e. The fourth-order valence-electron chi connectivity index (χ4n) is 2.00. The summed E-state index contributed by atoms with van der Waals surface area (Å²) in [7, 11) is 0. The molecule has 23 heavy (non-hydrogen) atoms.